The topological polar surface area (TPSA) is 49.9 Å². The number of rotatable bonds is 3. The van der Waals surface area contributed by atoms with E-state index in [1.165, 1.54) is 19.3 Å². The Morgan fingerprint density at radius 2 is 1.75 bits per heavy atom. The van der Waals surface area contributed by atoms with Gasteiger partial charge in [0.15, 0.2) is 0 Å². The highest BCUT2D eigenvalue weighted by molar-refractivity contribution is 5.84. The third-order valence-electron chi connectivity index (χ3n) is 9.02. The first-order chi connectivity index (χ1) is 13.5. The van der Waals surface area contributed by atoms with Gasteiger partial charge in [-0.25, -0.2) is 0 Å². The predicted octanol–water partition coefficient (Wildman–Crippen LogP) is 2.83. The molecular formula is C23H34N2O3. The summed E-state index contributed by atoms with van der Waals surface area (Å²) in [6.45, 7) is 4.16. The molecule has 3 heterocycles. The maximum Gasteiger partial charge on any atom is 0.229 e. The lowest BCUT2D eigenvalue weighted by Crippen LogP contribution is -2.69. The third kappa shape index (κ3) is 2.75. The van der Waals surface area contributed by atoms with Crippen molar-refractivity contribution < 1.29 is 14.3 Å². The summed E-state index contributed by atoms with van der Waals surface area (Å²) in [6.07, 6.45) is 11.6. The monoisotopic (exact) mass is 386 g/mol. The molecule has 3 saturated heterocycles. The quantitative estimate of drug-likeness (QED) is 0.749. The highest BCUT2D eigenvalue weighted by atomic mass is 16.5. The van der Waals surface area contributed by atoms with E-state index in [0.29, 0.717) is 17.7 Å². The molecule has 5 heteroatoms. The molecule has 0 radical (unpaired) electrons. The van der Waals surface area contributed by atoms with Crippen LogP contribution in [0.2, 0.25) is 0 Å². The van der Waals surface area contributed by atoms with Crippen molar-refractivity contribution in [3.63, 3.8) is 0 Å². The van der Waals surface area contributed by atoms with Gasteiger partial charge >= 0.3 is 0 Å². The van der Waals surface area contributed by atoms with Crippen LogP contribution in [0.1, 0.15) is 64.2 Å². The molecule has 28 heavy (non-hydrogen) atoms. The van der Waals surface area contributed by atoms with Crippen molar-refractivity contribution >= 4 is 11.8 Å². The molecule has 1 spiro atoms. The van der Waals surface area contributed by atoms with Gasteiger partial charge in [0.2, 0.25) is 11.8 Å². The van der Waals surface area contributed by atoms with E-state index in [9.17, 15) is 9.59 Å². The van der Waals surface area contributed by atoms with Gasteiger partial charge in [-0.3, -0.25) is 9.59 Å². The van der Waals surface area contributed by atoms with Crippen molar-refractivity contribution in [1.29, 1.82) is 0 Å². The lowest BCUT2D eigenvalue weighted by molar-refractivity contribution is -0.203. The van der Waals surface area contributed by atoms with Gasteiger partial charge in [0.1, 0.15) is 5.60 Å². The molecule has 7 aliphatic rings. The van der Waals surface area contributed by atoms with Crippen LogP contribution in [-0.4, -0.2) is 60.0 Å². The smallest absolute Gasteiger partial charge is 0.229 e. The SMILES string of the molecule is O=C1CCCN1CC1CCC2(CN(C(=O)C34CC5CC(CC(C5)C3)C4)C2)OC1. The number of likely N-dealkylation sites (tertiary alicyclic amines) is 2. The zero-order valence-electron chi connectivity index (χ0n) is 17.0. The molecule has 2 amide bonds. The van der Waals surface area contributed by atoms with Gasteiger partial charge in [-0.15, -0.1) is 0 Å². The molecular weight excluding hydrogens is 352 g/mol. The van der Waals surface area contributed by atoms with E-state index in [1.54, 1.807) is 0 Å². The molecule has 0 aromatic carbocycles. The summed E-state index contributed by atoms with van der Waals surface area (Å²) in [5.41, 5.74) is -0.0901. The number of carbonyl (C=O) groups is 2. The highest BCUT2D eigenvalue weighted by Gasteiger charge is 2.58. The fourth-order valence-corrected chi connectivity index (χ4v) is 8.02. The van der Waals surface area contributed by atoms with Gasteiger partial charge < -0.3 is 14.5 Å². The molecule has 0 aromatic heterocycles. The van der Waals surface area contributed by atoms with Crippen molar-refractivity contribution in [3.8, 4) is 0 Å². The van der Waals surface area contributed by atoms with Crippen molar-refractivity contribution in [2.75, 3.05) is 32.8 Å². The van der Waals surface area contributed by atoms with E-state index in [2.05, 4.69) is 4.90 Å². The summed E-state index contributed by atoms with van der Waals surface area (Å²) >= 11 is 0. The Hall–Kier alpha value is -1.10. The molecule has 4 bridgehead atoms. The molecule has 0 N–H and O–H groups in total. The average Bonchev–Trinajstić information content (AvgIpc) is 3.04. The third-order valence-corrected chi connectivity index (χ3v) is 9.02. The van der Waals surface area contributed by atoms with Crippen LogP contribution in [-0.2, 0) is 14.3 Å². The summed E-state index contributed by atoms with van der Waals surface area (Å²) in [6, 6.07) is 0. The molecule has 7 rings (SSSR count). The van der Waals surface area contributed by atoms with E-state index in [0.717, 1.165) is 95.5 Å². The minimum Gasteiger partial charge on any atom is -0.371 e. The summed E-state index contributed by atoms with van der Waals surface area (Å²) < 4.78 is 6.33. The second-order valence-corrected chi connectivity index (χ2v) is 11.2. The molecule has 5 nitrogen and oxygen atoms in total. The zero-order valence-corrected chi connectivity index (χ0v) is 17.0. The fraction of sp³-hybridized carbons (Fsp3) is 0.913. The Morgan fingerprint density at radius 1 is 1.07 bits per heavy atom. The average molecular weight is 387 g/mol. The predicted molar refractivity (Wildman–Crippen MR) is 104 cm³/mol. The zero-order chi connectivity index (χ0) is 18.9. The lowest BCUT2D eigenvalue weighted by Gasteiger charge is -2.60. The summed E-state index contributed by atoms with van der Waals surface area (Å²) in [4.78, 5) is 29.5. The second-order valence-electron chi connectivity index (χ2n) is 11.2. The van der Waals surface area contributed by atoms with Gasteiger partial charge in [0, 0.05) is 25.4 Å². The number of carbonyl (C=O) groups excluding carboxylic acids is 2. The number of nitrogens with zero attached hydrogens (tertiary/aromatic N) is 2. The normalized spacial score (nSPS) is 43.6. The molecule has 4 saturated carbocycles. The van der Waals surface area contributed by atoms with Crippen LogP contribution in [0.4, 0.5) is 0 Å². The van der Waals surface area contributed by atoms with Crippen molar-refractivity contribution in [2.45, 2.75) is 69.8 Å². The Balaban J connectivity index is 1.04. The van der Waals surface area contributed by atoms with Gasteiger partial charge in [-0.1, -0.05) is 0 Å². The first-order valence-electron chi connectivity index (χ1n) is 11.7. The maximum atomic E-state index is 13.5. The van der Waals surface area contributed by atoms with Crippen LogP contribution in [0.3, 0.4) is 0 Å². The number of hydrogen-bond donors (Lipinski definition) is 0. The van der Waals surface area contributed by atoms with E-state index >= 15 is 0 Å². The van der Waals surface area contributed by atoms with Crippen LogP contribution in [0, 0.1) is 29.1 Å². The molecule has 7 fully saturated rings. The largest absolute Gasteiger partial charge is 0.371 e. The van der Waals surface area contributed by atoms with Gasteiger partial charge in [0.05, 0.1) is 25.1 Å². The molecule has 3 aliphatic heterocycles. The Labute approximate surface area is 168 Å². The molecule has 1 atom stereocenters. The first kappa shape index (κ1) is 17.7. The van der Waals surface area contributed by atoms with Crippen LogP contribution >= 0.6 is 0 Å². The Bertz CT molecular complexity index is 638. The van der Waals surface area contributed by atoms with E-state index < -0.39 is 0 Å². The van der Waals surface area contributed by atoms with Crippen LogP contribution in [0.25, 0.3) is 0 Å². The van der Waals surface area contributed by atoms with E-state index in [4.69, 9.17) is 4.74 Å². The molecule has 154 valence electrons. The summed E-state index contributed by atoms with van der Waals surface area (Å²) in [7, 11) is 0. The highest BCUT2D eigenvalue weighted by Crippen LogP contribution is 2.61. The first-order valence-corrected chi connectivity index (χ1v) is 11.7. The van der Waals surface area contributed by atoms with Crippen molar-refractivity contribution in [2.24, 2.45) is 29.1 Å². The van der Waals surface area contributed by atoms with Crippen molar-refractivity contribution in [3.05, 3.63) is 0 Å². The Morgan fingerprint density at radius 3 is 2.29 bits per heavy atom. The lowest BCUT2D eigenvalue weighted by atomic mass is 9.49. The number of hydrogen-bond acceptors (Lipinski definition) is 3. The van der Waals surface area contributed by atoms with E-state index in [1.807, 2.05) is 4.90 Å². The summed E-state index contributed by atoms with van der Waals surface area (Å²) in [5.74, 6) is 3.73. The minimum absolute atomic E-state index is 0.0102. The standard InChI is InChI=1S/C23H34N2O3/c26-20-2-1-5-24(20)12-16-3-4-23(28-13-16)14-25(15-23)21(27)22-9-17-6-18(10-22)8-19(7-17)11-22/h16-19H,1-15H2. The van der Waals surface area contributed by atoms with Crippen LogP contribution < -0.4 is 0 Å². The molecule has 4 aliphatic carbocycles. The van der Waals surface area contributed by atoms with Gasteiger partial charge in [-0.05, 0) is 75.5 Å². The van der Waals surface area contributed by atoms with Crippen molar-refractivity contribution in [1.82, 2.24) is 9.80 Å². The molecule has 0 aromatic rings. The summed E-state index contributed by atoms with van der Waals surface area (Å²) in [5, 5.41) is 0. The number of ether oxygens (including phenoxy) is 1. The minimum atomic E-state index is -0.0799. The second kappa shape index (κ2) is 6.20. The molecule has 1 unspecified atom stereocenters. The fourth-order valence-electron chi connectivity index (χ4n) is 8.02. The maximum absolute atomic E-state index is 13.5. The van der Waals surface area contributed by atoms with Gasteiger partial charge in [-0.2, -0.15) is 0 Å². The van der Waals surface area contributed by atoms with Crippen LogP contribution in [0.15, 0.2) is 0 Å². The van der Waals surface area contributed by atoms with Crippen LogP contribution in [0.5, 0.6) is 0 Å². The van der Waals surface area contributed by atoms with Gasteiger partial charge in [0.25, 0.3) is 0 Å². The van der Waals surface area contributed by atoms with E-state index in [-0.39, 0.29) is 11.0 Å². The number of amides is 2. The Kier molecular flexibility index (Phi) is 3.93.